The molecule has 1 fully saturated rings. The summed E-state index contributed by atoms with van der Waals surface area (Å²) in [5.74, 6) is 2.18. The Morgan fingerprint density at radius 1 is 1.18 bits per heavy atom. The van der Waals surface area contributed by atoms with Crippen LogP contribution in [0, 0.1) is 0 Å². The molecule has 3 heterocycles. The topological polar surface area (TPSA) is 89.1 Å². The molecule has 0 spiro atoms. The van der Waals surface area contributed by atoms with Gasteiger partial charge in [0, 0.05) is 36.7 Å². The minimum Gasteiger partial charge on any atom is -0.457 e. The number of anilines is 1. The maximum absolute atomic E-state index is 12.3. The molecular weight excluding hydrogens is 356 g/mol. The second-order valence-electron chi connectivity index (χ2n) is 6.78. The molecule has 1 aromatic carbocycles. The third-order valence-electron chi connectivity index (χ3n) is 4.64. The van der Waals surface area contributed by atoms with E-state index in [0.717, 1.165) is 36.5 Å². The van der Waals surface area contributed by atoms with Crippen molar-refractivity contribution in [3.8, 4) is 11.5 Å². The van der Waals surface area contributed by atoms with Crippen molar-refractivity contribution in [2.24, 2.45) is 0 Å². The summed E-state index contributed by atoms with van der Waals surface area (Å²) in [6.45, 7) is 1.52. The van der Waals surface area contributed by atoms with Crippen LogP contribution >= 0.6 is 0 Å². The molecule has 7 nitrogen and oxygen atoms in total. The van der Waals surface area contributed by atoms with Crippen molar-refractivity contribution in [3.05, 3.63) is 66.1 Å². The molecule has 144 valence electrons. The highest BCUT2D eigenvalue weighted by atomic mass is 16.5. The molecule has 4 rings (SSSR count). The zero-order valence-electron chi connectivity index (χ0n) is 15.4. The number of amides is 1. The normalized spacial score (nSPS) is 16.5. The first-order valence-corrected chi connectivity index (χ1v) is 9.36. The number of rotatable bonds is 6. The first kappa shape index (κ1) is 18.2. The van der Waals surface area contributed by atoms with Gasteiger partial charge in [-0.25, -0.2) is 0 Å². The van der Waals surface area contributed by atoms with Gasteiger partial charge < -0.3 is 14.8 Å². The number of nitrogens with one attached hydrogen (secondary N) is 2. The van der Waals surface area contributed by atoms with Crippen LogP contribution in [0.5, 0.6) is 11.5 Å². The molecule has 1 unspecified atom stereocenters. The van der Waals surface area contributed by atoms with Gasteiger partial charge in [0.1, 0.15) is 11.5 Å². The summed E-state index contributed by atoms with van der Waals surface area (Å²) in [5, 5.41) is 10.1. The molecule has 28 heavy (non-hydrogen) atoms. The van der Waals surface area contributed by atoms with Crippen LogP contribution in [-0.2, 0) is 16.0 Å². The molecule has 1 aliphatic rings. The van der Waals surface area contributed by atoms with Gasteiger partial charge in [0.2, 0.25) is 5.91 Å². The predicted molar refractivity (Wildman–Crippen MR) is 104 cm³/mol. The van der Waals surface area contributed by atoms with Gasteiger partial charge in [-0.1, -0.05) is 12.1 Å². The Kier molecular flexibility index (Phi) is 5.63. The summed E-state index contributed by atoms with van der Waals surface area (Å²) >= 11 is 0. The monoisotopic (exact) mass is 378 g/mol. The Balaban J connectivity index is 1.30. The molecular formula is C21H22N4O3. The Morgan fingerprint density at radius 3 is 2.71 bits per heavy atom. The Bertz CT molecular complexity index is 903. The largest absolute Gasteiger partial charge is 0.457 e. The molecule has 1 saturated heterocycles. The molecule has 1 amide bonds. The lowest BCUT2D eigenvalue weighted by atomic mass is 9.99. The van der Waals surface area contributed by atoms with E-state index >= 15 is 0 Å². The smallest absolute Gasteiger partial charge is 0.229 e. The number of nitrogens with zero attached hydrogens (tertiary/aromatic N) is 2. The fourth-order valence-corrected chi connectivity index (χ4v) is 3.19. The quantitative estimate of drug-likeness (QED) is 0.683. The van der Waals surface area contributed by atoms with E-state index in [1.54, 1.807) is 24.5 Å². The van der Waals surface area contributed by atoms with Gasteiger partial charge in [0.15, 0.2) is 5.82 Å². The van der Waals surface area contributed by atoms with E-state index in [9.17, 15) is 4.79 Å². The lowest BCUT2D eigenvalue weighted by Crippen LogP contribution is -2.16. The van der Waals surface area contributed by atoms with E-state index in [4.69, 9.17) is 9.47 Å². The van der Waals surface area contributed by atoms with Crippen LogP contribution in [0.15, 0.2) is 54.9 Å². The van der Waals surface area contributed by atoms with Crippen LogP contribution in [0.4, 0.5) is 5.82 Å². The van der Waals surface area contributed by atoms with Crippen LogP contribution in [0.1, 0.15) is 30.0 Å². The third-order valence-corrected chi connectivity index (χ3v) is 4.64. The number of H-pyrrole nitrogens is 1. The maximum Gasteiger partial charge on any atom is 0.229 e. The summed E-state index contributed by atoms with van der Waals surface area (Å²) in [7, 11) is 0. The number of ether oxygens (including phenoxy) is 2. The molecule has 1 aliphatic heterocycles. The van der Waals surface area contributed by atoms with Crippen LogP contribution in [0.3, 0.4) is 0 Å². The molecule has 0 bridgehead atoms. The van der Waals surface area contributed by atoms with Crippen molar-refractivity contribution in [1.82, 2.24) is 15.2 Å². The number of aromatic nitrogens is 3. The summed E-state index contributed by atoms with van der Waals surface area (Å²) in [6, 6.07) is 12.9. The van der Waals surface area contributed by atoms with Crippen LogP contribution < -0.4 is 10.1 Å². The Labute approximate surface area is 163 Å². The SMILES string of the molecule is O=C(Cc1ccc(Oc2ccncc2)cc1)Nc1cc(C2CCCOC2)[nH]n1. The van der Waals surface area contributed by atoms with Crippen molar-refractivity contribution in [2.45, 2.75) is 25.2 Å². The highest BCUT2D eigenvalue weighted by Crippen LogP contribution is 2.25. The average Bonchev–Trinajstić information content (AvgIpc) is 3.19. The number of carbonyl (C=O) groups excluding carboxylic acids is 1. The summed E-state index contributed by atoms with van der Waals surface area (Å²) in [4.78, 5) is 16.3. The van der Waals surface area contributed by atoms with Gasteiger partial charge >= 0.3 is 0 Å². The molecule has 0 saturated carbocycles. The fraction of sp³-hybridized carbons (Fsp3) is 0.286. The second-order valence-corrected chi connectivity index (χ2v) is 6.78. The Hall–Kier alpha value is -3.19. The number of hydrogen-bond acceptors (Lipinski definition) is 5. The first-order chi connectivity index (χ1) is 13.8. The molecule has 2 N–H and O–H groups in total. The average molecular weight is 378 g/mol. The number of aromatic amines is 1. The Morgan fingerprint density at radius 2 is 1.96 bits per heavy atom. The predicted octanol–water partition coefficient (Wildman–Crippen LogP) is 3.67. The summed E-state index contributed by atoms with van der Waals surface area (Å²) in [5.41, 5.74) is 1.91. The summed E-state index contributed by atoms with van der Waals surface area (Å²) in [6.07, 6.45) is 5.74. The molecule has 0 aliphatic carbocycles. The van der Waals surface area contributed by atoms with E-state index in [1.165, 1.54) is 0 Å². The van der Waals surface area contributed by atoms with Gasteiger partial charge in [0.05, 0.1) is 13.0 Å². The van der Waals surface area contributed by atoms with Gasteiger partial charge in [0.25, 0.3) is 0 Å². The van der Waals surface area contributed by atoms with Crippen molar-refractivity contribution >= 4 is 11.7 Å². The lowest BCUT2D eigenvalue weighted by molar-refractivity contribution is -0.115. The number of hydrogen-bond donors (Lipinski definition) is 2. The first-order valence-electron chi connectivity index (χ1n) is 9.36. The number of pyridine rings is 1. The second kappa shape index (κ2) is 8.67. The maximum atomic E-state index is 12.3. The third kappa shape index (κ3) is 4.75. The van der Waals surface area contributed by atoms with E-state index in [0.29, 0.717) is 24.1 Å². The minimum atomic E-state index is -0.110. The standard InChI is InChI=1S/C21H22N4O3/c26-21(23-20-13-19(24-25-20)16-2-1-11-27-14-16)12-15-3-5-17(6-4-15)28-18-7-9-22-10-8-18/h3-10,13,16H,1-2,11-12,14H2,(H2,23,24,25,26). The summed E-state index contributed by atoms with van der Waals surface area (Å²) < 4.78 is 11.2. The van der Waals surface area contributed by atoms with Crippen molar-refractivity contribution < 1.29 is 14.3 Å². The van der Waals surface area contributed by atoms with Crippen LogP contribution in [0.25, 0.3) is 0 Å². The van der Waals surface area contributed by atoms with Crippen LogP contribution in [0.2, 0.25) is 0 Å². The van der Waals surface area contributed by atoms with Crippen LogP contribution in [-0.4, -0.2) is 34.3 Å². The number of carbonyl (C=O) groups is 1. The molecule has 1 atom stereocenters. The van der Waals surface area contributed by atoms with Crippen molar-refractivity contribution in [1.29, 1.82) is 0 Å². The highest BCUT2D eigenvalue weighted by Gasteiger charge is 2.18. The highest BCUT2D eigenvalue weighted by molar-refractivity contribution is 5.91. The fourth-order valence-electron chi connectivity index (χ4n) is 3.19. The van der Waals surface area contributed by atoms with E-state index in [2.05, 4.69) is 20.5 Å². The van der Waals surface area contributed by atoms with E-state index in [-0.39, 0.29) is 12.3 Å². The van der Waals surface area contributed by atoms with E-state index < -0.39 is 0 Å². The van der Waals surface area contributed by atoms with Gasteiger partial charge in [-0.05, 0) is 42.7 Å². The molecule has 3 aromatic rings. The molecule has 2 aromatic heterocycles. The van der Waals surface area contributed by atoms with Gasteiger partial charge in [-0.15, -0.1) is 0 Å². The van der Waals surface area contributed by atoms with E-state index in [1.807, 2.05) is 30.3 Å². The van der Waals surface area contributed by atoms with Gasteiger partial charge in [-0.2, -0.15) is 5.10 Å². The molecule has 0 radical (unpaired) electrons. The minimum absolute atomic E-state index is 0.110. The van der Waals surface area contributed by atoms with Crippen molar-refractivity contribution in [3.63, 3.8) is 0 Å². The van der Waals surface area contributed by atoms with Gasteiger partial charge in [-0.3, -0.25) is 14.9 Å². The molecule has 7 heteroatoms. The van der Waals surface area contributed by atoms with Crippen molar-refractivity contribution in [2.75, 3.05) is 18.5 Å². The lowest BCUT2D eigenvalue weighted by Gasteiger charge is -2.20. The number of benzene rings is 1. The zero-order chi connectivity index (χ0) is 19.2. The zero-order valence-corrected chi connectivity index (χ0v) is 15.4.